The van der Waals surface area contributed by atoms with Crippen LogP contribution in [0.4, 0.5) is 4.79 Å². The molecule has 0 saturated heterocycles. The van der Waals surface area contributed by atoms with Gasteiger partial charge in [-0.25, -0.2) is 4.79 Å². The Hall–Kier alpha value is -3.61. The van der Waals surface area contributed by atoms with Crippen LogP contribution in [0.2, 0.25) is 0 Å². The fourth-order valence-electron chi connectivity index (χ4n) is 5.03. The van der Waals surface area contributed by atoms with Crippen LogP contribution >= 0.6 is 0 Å². The quantitative estimate of drug-likeness (QED) is 0.463. The fourth-order valence-corrected chi connectivity index (χ4v) is 5.03. The summed E-state index contributed by atoms with van der Waals surface area (Å²) in [5.41, 5.74) is 4.65. The Kier molecular flexibility index (Phi) is 7.85. The molecule has 7 heteroatoms. The molecule has 2 amide bonds. The number of carbonyl (C=O) groups is 3. The topological polar surface area (TPSA) is 105 Å². The first-order valence-electron chi connectivity index (χ1n) is 12.3. The van der Waals surface area contributed by atoms with Crippen LogP contribution in [0.5, 0.6) is 0 Å². The van der Waals surface area contributed by atoms with E-state index in [0.717, 1.165) is 17.5 Å². The third-order valence-corrected chi connectivity index (χ3v) is 6.85. The van der Waals surface area contributed by atoms with Gasteiger partial charge in [0.25, 0.3) is 0 Å². The van der Waals surface area contributed by atoms with Crippen molar-refractivity contribution < 1.29 is 24.2 Å². The molecule has 0 heterocycles. The van der Waals surface area contributed by atoms with Crippen molar-refractivity contribution in [3.05, 3.63) is 71.8 Å². The number of benzene rings is 2. The van der Waals surface area contributed by atoms with Crippen molar-refractivity contribution in [2.75, 3.05) is 13.2 Å². The van der Waals surface area contributed by atoms with Gasteiger partial charge in [0, 0.05) is 18.4 Å². The molecule has 0 aromatic heterocycles. The second-order valence-electron chi connectivity index (χ2n) is 9.24. The maximum Gasteiger partial charge on any atom is 0.407 e. The number of aliphatic carboxylic acids is 1. The van der Waals surface area contributed by atoms with Crippen molar-refractivity contribution in [1.82, 2.24) is 10.6 Å². The van der Waals surface area contributed by atoms with Gasteiger partial charge in [-0.3, -0.25) is 9.59 Å². The smallest absolute Gasteiger partial charge is 0.407 e. The highest BCUT2D eigenvalue weighted by Crippen LogP contribution is 2.44. The Morgan fingerprint density at radius 3 is 2.34 bits per heavy atom. The van der Waals surface area contributed by atoms with Gasteiger partial charge in [-0.05, 0) is 41.5 Å². The SMILES string of the molecule is CCCC(CNC(=O)C1CC=CC(NC(=O)OCC2c3ccccc3-c3ccccc32)C1)C(=O)O. The van der Waals surface area contributed by atoms with Crippen molar-refractivity contribution >= 4 is 18.0 Å². The minimum absolute atomic E-state index is 0.0149. The van der Waals surface area contributed by atoms with Gasteiger partial charge < -0.3 is 20.5 Å². The number of rotatable bonds is 9. The number of carbonyl (C=O) groups excluding carboxylic acids is 2. The molecule has 35 heavy (non-hydrogen) atoms. The molecule has 0 bridgehead atoms. The summed E-state index contributed by atoms with van der Waals surface area (Å²) in [4.78, 5) is 36.5. The molecule has 4 rings (SSSR count). The maximum atomic E-state index is 12.6. The number of alkyl carbamates (subject to hydrolysis) is 1. The zero-order valence-electron chi connectivity index (χ0n) is 19.9. The molecule has 0 fully saturated rings. The summed E-state index contributed by atoms with van der Waals surface area (Å²) in [6, 6.07) is 16.0. The average molecular weight is 477 g/mol. The highest BCUT2D eigenvalue weighted by Gasteiger charge is 2.30. The molecular weight excluding hydrogens is 444 g/mol. The van der Waals surface area contributed by atoms with Crippen LogP contribution < -0.4 is 10.6 Å². The number of nitrogens with one attached hydrogen (secondary N) is 2. The molecule has 2 aromatic rings. The number of carboxylic acids is 1. The van der Waals surface area contributed by atoms with E-state index in [1.165, 1.54) is 11.1 Å². The lowest BCUT2D eigenvalue weighted by molar-refractivity contribution is -0.142. The standard InChI is InChI=1S/C28H32N2O5/c1-2-8-19(27(32)33)16-29-26(31)18-9-7-10-20(15-18)30-28(34)35-17-25-23-13-5-3-11-21(23)22-12-4-6-14-24(22)25/h3-7,10-14,18-20,25H,2,8-9,15-17H2,1H3,(H,29,31)(H,30,34)(H,32,33). The Bertz CT molecular complexity index is 1070. The zero-order valence-corrected chi connectivity index (χ0v) is 19.9. The highest BCUT2D eigenvalue weighted by molar-refractivity contribution is 5.81. The summed E-state index contributed by atoms with van der Waals surface area (Å²) < 4.78 is 5.62. The molecule has 3 N–H and O–H groups in total. The molecular formula is C28H32N2O5. The molecule has 0 aliphatic heterocycles. The van der Waals surface area contributed by atoms with Crippen molar-refractivity contribution in [2.45, 2.75) is 44.6 Å². The van der Waals surface area contributed by atoms with Crippen molar-refractivity contribution in [2.24, 2.45) is 11.8 Å². The molecule has 3 unspecified atom stereocenters. The molecule has 184 valence electrons. The van der Waals surface area contributed by atoms with E-state index in [-0.39, 0.29) is 36.9 Å². The lowest BCUT2D eigenvalue weighted by atomic mass is 9.90. The number of hydrogen-bond acceptors (Lipinski definition) is 4. The lowest BCUT2D eigenvalue weighted by Gasteiger charge is -2.25. The van der Waals surface area contributed by atoms with Crippen molar-refractivity contribution in [3.63, 3.8) is 0 Å². The monoisotopic (exact) mass is 476 g/mol. The van der Waals surface area contributed by atoms with Gasteiger partial charge in [0.1, 0.15) is 6.61 Å². The van der Waals surface area contributed by atoms with E-state index in [9.17, 15) is 19.5 Å². The first-order chi connectivity index (χ1) is 17.0. The Labute approximate surface area is 205 Å². The number of allylic oxidation sites excluding steroid dienone is 1. The van der Waals surface area contributed by atoms with Crippen LogP contribution in [0.25, 0.3) is 11.1 Å². The third-order valence-electron chi connectivity index (χ3n) is 6.85. The molecule has 0 spiro atoms. The predicted molar refractivity (Wildman–Crippen MR) is 133 cm³/mol. The second-order valence-corrected chi connectivity index (χ2v) is 9.24. The van der Waals surface area contributed by atoms with Crippen LogP contribution in [0.3, 0.4) is 0 Å². The van der Waals surface area contributed by atoms with Gasteiger partial charge in [-0.15, -0.1) is 0 Å². The van der Waals surface area contributed by atoms with Gasteiger partial charge >= 0.3 is 12.1 Å². The summed E-state index contributed by atoms with van der Waals surface area (Å²) in [5.74, 6) is -2.01. The van der Waals surface area contributed by atoms with E-state index in [4.69, 9.17) is 4.74 Å². The van der Waals surface area contributed by atoms with E-state index in [2.05, 4.69) is 34.9 Å². The first-order valence-corrected chi connectivity index (χ1v) is 12.3. The summed E-state index contributed by atoms with van der Waals surface area (Å²) in [5, 5.41) is 14.9. The average Bonchev–Trinajstić information content (AvgIpc) is 3.19. The molecule has 0 saturated carbocycles. The summed E-state index contributed by atoms with van der Waals surface area (Å²) in [6.07, 6.45) is 5.50. The number of fused-ring (bicyclic) bond motifs is 3. The molecule has 2 aliphatic carbocycles. The van der Waals surface area contributed by atoms with Crippen LogP contribution in [0.15, 0.2) is 60.7 Å². The molecule has 2 aromatic carbocycles. The molecule has 2 aliphatic rings. The van der Waals surface area contributed by atoms with Crippen LogP contribution in [-0.4, -0.2) is 42.3 Å². The number of carboxylic acid groups (broad SMARTS) is 1. The van der Waals surface area contributed by atoms with E-state index >= 15 is 0 Å². The Morgan fingerprint density at radius 2 is 1.71 bits per heavy atom. The third kappa shape index (κ3) is 5.73. The normalized spacial score (nSPS) is 19.3. The maximum absolute atomic E-state index is 12.6. The highest BCUT2D eigenvalue weighted by atomic mass is 16.5. The minimum Gasteiger partial charge on any atom is -0.481 e. The lowest BCUT2D eigenvalue weighted by Crippen LogP contribution is -2.42. The van der Waals surface area contributed by atoms with Gasteiger partial charge in [-0.2, -0.15) is 0 Å². The predicted octanol–water partition coefficient (Wildman–Crippen LogP) is 4.48. The van der Waals surface area contributed by atoms with Crippen molar-refractivity contribution in [3.8, 4) is 11.1 Å². The van der Waals surface area contributed by atoms with Crippen LogP contribution in [-0.2, 0) is 14.3 Å². The van der Waals surface area contributed by atoms with E-state index in [1.807, 2.05) is 43.3 Å². The van der Waals surface area contributed by atoms with E-state index in [1.54, 1.807) is 0 Å². The molecule has 7 nitrogen and oxygen atoms in total. The van der Waals surface area contributed by atoms with Gasteiger partial charge in [-0.1, -0.05) is 74.0 Å². The van der Waals surface area contributed by atoms with Crippen molar-refractivity contribution in [1.29, 1.82) is 0 Å². The largest absolute Gasteiger partial charge is 0.481 e. The zero-order chi connectivity index (χ0) is 24.8. The summed E-state index contributed by atoms with van der Waals surface area (Å²) in [7, 11) is 0. The number of hydrogen-bond donors (Lipinski definition) is 3. The first kappa shape index (κ1) is 24.5. The van der Waals surface area contributed by atoms with Gasteiger partial charge in [0.15, 0.2) is 0 Å². The molecule has 3 atom stereocenters. The van der Waals surface area contributed by atoms with Crippen LogP contribution in [0.1, 0.15) is 49.7 Å². The fraction of sp³-hybridized carbons (Fsp3) is 0.393. The second kappa shape index (κ2) is 11.2. The van der Waals surface area contributed by atoms with Crippen LogP contribution in [0, 0.1) is 11.8 Å². The van der Waals surface area contributed by atoms with Gasteiger partial charge in [0.2, 0.25) is 5.91 Å². The summed E-state index contributed by atoms with van der Waals surface area (Å²) >= 11 is 0. The minimum atomic E-state index is -0.898. The van der Waals surface area contributed by atoms with E-state index < -0.39 is 18.0 Å². The molecule has 0 radical (unpaired) electrons. The Morgan fingerprint density at radius 1 is 1.06 bits per heavy atom. The Balaban J connectivity index is 1.29. The van der Waals surface area contributed by atoms with Gasteiger partial charge in [0.05, 0.1) is 12.0 Å². The van der Waals surface area contributed by atoms with E-state index in [0.29, 0.717) is 19.3 Å². The number of ether oxygens (including phenoxy) is 1. The number of amides is 2. The summed E-state index contributed by atoms with van der Waals surface area (Å²) in [6.45, 7) is 2.27.